The molecule has 0 aromatic heterocycles. The van der Waals surface area contributed by atoms with Crippen molar-refractivity contribution in [2.75, 3.05) is 20.8 Å². The van der Waals surface area contributed by atoms with Gasteiger partial charge >= 0.3 is 0 Å². The van der Waals surface area contributed by atoms with Gasteiger partial charge in [-0.3, -0.25) is 0 Å². The SMILES string of the molecule is CCCC[N+]1(Cc2ccccc2)Cc2cc(OC)c(OC)cc2C1. The van der Waals surface area contributed by atoms with Crippen LogP contribution in [0, 0.1) is 0 Å². The summed E-state index contributed by atoms with van der Waals surface area (Å²) < 4.78 is 12.1. The molecule has 0 unspecified atom stereocenters. The normalized spacial score (nSPS) is 15.1. The maximum absolute atomic E-state index is 5.50. The Morgan fingerprint density at radius 1 is 0.917 bits per heavy atom. The Morgan fingerprint density at radius 2 is 1.50 bits per heavy atom. The fourth-order valence-electron chi connectivity index (χ4n) is 3.85. The monoisotopic (exact) mass is 326 g/mol. The zero-order chi connectivity index (χ0) is 17.0. The van der Waals surface area contributed by atoms with Crippen LogP contribution in [0.25, 0.3) is 0 Å². The minimum atomic E-state index is 0.839. The second-order valence-corrected chi connectivity index (χ2v) is 6.85. The second-order valence-electron chi connectivity index (χ2n) is 6.85. The van der Waals surface area contributed by atoms with E-state index in [4.69, 9.17) is 9.47 Å². The van der Waals surface area contributed by atoms with Crippen molar-refractivity contribution < 1.29 is 14.0 Å². The summed E-state index contributed by atoms with van der Waals surface area (Å²) in [6.07, 6.45) is 2.49. The third kappa shape index (κ3) is 3.41. The first-order chi connectivity index (χ1) is 11.7. The molecule has 0 fully saturated rings. The van der Waals surface area contributed by atoms with Gasteiger partial charge in [0.25, 0.3) is 0 Å². The Labute approximate surface area is 145 Å². The van der Waals surface area contributed by atoms with Crippen LogP contribution in [0.4, 0.5) is 0 Å². The third-order valence-electron chi connectivity index (χ3n) is 5.06. The van der Waals surface area contributed by atoms with Crippen LogP contribution in [0.1, 0.15) is 36.5 Å². The van der Waals surface area contributed by atoms with E-state index in [-0.39, 0.29) is 0 Å². The number of hydrogen-bond acceptors (Lipinski definition) is 2. The summed E-state index contributed by atoms with van der Waals surface area (Å²) in [7, 11) is 3.42. The van der Waals surface area contributed by atoms with E-state index >= 15 is 0 Å². The average molecular weight is 326 g/mol. The second kappa shape index (κ2) is 7.27. The van der Waals surface area contributed by atoms with E-state index in [1.54, 1.807) is 14.2 Å². The lowest BCUT2D eigenvalue weighted by Gasteiger charge is -2.34. The molecule has 0 aliphatic carbocycles. The van der Waals surface area contributed by atoms with Crippen LogP contribution in [0.15, 0.2) is 42.5 Å². The predicted octanol–water partition coefficient (Wildman–Crippen LogP) is 4.53. The van der Waals surface area contributed by atoms with Crippen LogP contribution in [-0.2, 0) is 19.6 Å². The van der Waals surface area contributed by atoms with E-state index in [2.05, 4.69) is 49.4 Å². The summed E-state index contributed by atoms with van der Waals surface area (Å²) in [6.45, 7) is 6.72. The molecule has 1 heterocycles. The fraction of sp³-hybridized carbons (Fsp3) is 0.429. The first-order valence-corrected chi connectivity index (χ1v) is 8.82. The van der Waals surface area contributed by atoms with Crippen LogP contribution in [0.3, 0.4) is 0 Å². The number of hydrogen-bond donors (Lipinski definition) is 0. The highest BCUT2D eigenvalue weighted by Gasteiger charge is 2.36. The summed E-state index contributed by atoms with van der Waals surface area (Å²) in [6, 6.07) is 15.2. The molecule has 1 aliphatic heterocycles. The Hall–Kier alpha value is -2.00. The zero-order valence-electron chi connectivity index (χ0n) is 15.0. The van der Waals surface area contributed by atoms with E-state index in [0.717, 1.165) is 35.6 Å². The van der Waals surface area contributed by atoms with Gasteiger partial charge in [0.05, 0.1) is 20.8 Å². The summed E-state index contributed by atoms with van der Waals surface area (Å²) in [5.41, 5.74) is 4.22. The maximum atomic E-state index is 5.50. The minimum absolute atomic E-state index is 0.839. The molecule has 0 saturated carbocycles. The number of quaternary nitrogens is 1. The van der Waals surface area contributed by atoms with Gasteiger partial charge in [0.2, 0.25) is 0 Å². The summed E-state index contributed by atoms with van der Waals surface area (Å²) in [4.78, 5) is 0. The number of ether oxygens (including phenoxy) is 2. The highest BCUT2D eigenvalue weighted by molar-refractivity contribution is 5.48. The van der Waals surface area contributed by atoms with Gasteiger partial charge in [-0.05, 0) is 18.6 Å². The summed E-state index contributed by atoms with van der Waals surface area (Å²) >= 11 is 0. The van der Waals surface area contributed by atoms with Crippen LogP contribution < -0.4 is 9.47 Å². The van der Waals surface area contributed by atoms with Crippen molar-refractivity contribution in [1.29, 1.82) is 0 Å². The van der Waals surface area contributed by atoms with Crippen molar-refractivity contribution in [2.24, 2.45) is 0 Å². The average Bonchev–Trinajstić information content (AvgIpc) is 2.96. The first kappa shape index (κ1) is 16.8. The number of fused-ring (bicyclic) bond motifs is 1. The molecule has 0 bridgehead atoms. The van der Waals surface area contributed by atoms with Crippen molar-refractivity contribution >= 4 is 0 Å². The van der Waals surface area contributed by atoms with E-state index in [0.29, 0.717) is 0 Å². The van der Waals surface area contributed by atoms with Gasteiger partial charge < -0.3 is 14.0 Å². The quantitative estimate of drug-likeness (QED) is 0.696. The van der Waals surface area contributed by atoms with Gasteiger partial charge in [0.15, 0.2) is 11.5 Å². The van der Waals surface area contributed by atoms with Gasteiger partial charge in [0.1, 0.15) is 19.6 Å². The van der Waals surface area contributed by atoms with Crippen LogP contribution >= 0.6 is 0 Å². The van der Waals surface area contributed by atoms with Crippen molar-refractivity contribution in [3.63, 3.8) is 0 Å². The summed E-state index contributed by atoms with van der Waals surface area (Å²) in [5.74, 6) is 1.68. The summed E-state index contributed by atoms with van der Waals surface area (Å²) in [5, 5.41) is 0. The molecule has 0 atom stereocenters. The van der Waals surface area contributed by atoms with Gasteiger partial charge in [-0.25, -0.2) is 0 Å². The molecule has 24 heavy (non-hydrogen) atoms. The maximum Gasteiger partial charge on any atom is 0.161 e. The highest BCUT2D eigenvalue weighted by Crippen LogP contribution is 2.39. The minimum Gasteiger partial charge on any atom is -0.493 e. The van der Waals surface area contributed by atoms with E-state index in [1.165, 1.54) is 36.1 Å². The molecular formula is C21H28NO2+. The first-order valence-electron chi connectivity index (χ1n) is 8.82. The molecular weight excluding hydrogens is 298 g/mol. The number of rotatable bonds is 7. The Balaban J connectivity index is 1.90. The largest absolute Gasteiger partial charge is 0.493 e. The smallest absolute Gasteiger partial charge is 0.161 e. The Bertz CT molecular complexity index is 649. The molecule has 0 saturated heterocycles. The van der Waals surface area contributed by atoms with Crippen LogP contribution in [0.2, 0.25) is 0 Å². The van der Waals surface area contributed by atoms with Crippen LogP contribution in [-0.4, -0.2) is 25.2 Å². The molecule has 3 rings (SSSR count). The van der Waals surface area contributed by atoms with Gasteiger partial charge in [0, 0.05) is 16.7 Å². The molecule has 1 aliphatic rings. The van der Waals surface area contributed by atoms with Crippen molar-refractivity contribution in [3.8, 4) is 11.5 Å². The number of benzene rings is 2. The van der Waals surface area contributed by atoms with Crippen LogP contribution in [0.5, 0.6) is 11.5 Å². The molecule has 0 amide bonds. The van der Waals surface area contributed by atoms with Gasteiger partial charge in [-0.2, -0.15) is 0 Å². The van der Waals surface area contributed by atoms with Gasteiger partial charge in [-0.15, -0.1) is 0 Å². The molecule has 0 spiro atoms. The topological polar surface area (TPSA) is 18.5 Å². The molecule has 2 aromatic rings. The molecule has 0 radical (unpaired) electrons. The number of unbranched alkanes of at least 4 members (excludes halogenated alkanes) is 1. The van der Waals surface area contributed by atoms with Gasteiger partial charge in [-0.1, -0.05) is 43.7 Å². The molecule has 0 N–H and O–H groups in total. The van der Waals surface area contributed by atoms with Crippen molar-refractivity contribution in [3.05, 3.63) is 59.2 Å². The lowest BCUT2D eigenvalue weighted by molar-refractivity contribution is -0.960. The predicted molar refractivity (Wildman–Crippen MR) is 97.1 cm³/mol. The Kier molecular flexibility index (Phi) is 5.10. The van der Waals surface area contributed by atoms with E-state index in [1.807, 2.05) is 0 Å². The molecule has 3 heteroatoms. The number of methoxy groups -OCH3 is 2. The molecule has 128 valence electrons. The lowest BCUT2D eigenvalue weighted by Crippen LogP contribution is -2.42. The standard InChI is InChI=1S/C21H28NO2/c1-4-5-11-22(14-17-9-7-6-8-10-17)15-18-12-20(23-2)21(24-3)13-19(18)16-22/h6-10,12-13H,4-5,11,14-16H2,1-3H3/q+1. The molecule has 2 aromatic carbocycles. The van der Waals surface area contributed by atoms with E-state index < -0.39 is 0 Å². The lowest BCUT2D eigenvalue weighted by atomic mass is 10.1. The Morgan fingerprint density at radius 3 is 2.00 bits per heavy atom. The fourth-order valence-corrected chi connectivity index (χ4v) is 3.85. The molecule has 3 nitrogen and oxygen atoms in total. The third-order valence-corrected chi connectivity index (χ3v) is 5.06. The van der Waals surface area contributed by atoms with E-state index in [9.17, 15) is 0 Å². The zero-order valence-corrected chi connectivity index (χ0v) is 15.0. The van der Waals surface area contributed by atoms with Crippen molar-refractivity contribution in [2.45, 2.75) is 39.4 Å². The number of nitrogens with zero attached hydrogens (tertiary/aromatic N) is 1. The highest BCUT2D eigenvalue weighted by atomic mass is 16.5. The van der Waals surface area contributed by atoms with Crippen molar-refractivity contribution in [1.82, 2.24) is 0 Å².